The molecule has 134 valence electrons. The second-order valence-electron chi connectivity index (χ2n) is 5.88. The maximum Gasteiger partial charge on any atom is 0.261 e. The molecule has 0 atom stereocenters. The van der Waals surface area contributed by atoms with E-state index in [1.807, 2.05) is 19.9 Å². The van der Waals surface area contributed by atoms with Gasteiger partial charge in [0.2, 0.25) is 5.91 Å². The molecule has 2 amide bonds. The first-order valence-corrected chi connectivity index (χ1v) is 7.98. The number of hydrogen-bond donors (Lipinski definition) is 2. The molecule has 0 unspecified atom stereocenters. The van der Waals surface area contributed by atoms with Gasteiger partial charge in [0, 0.05) is 24.0 Å². The molecule has 0 saturated carbocycles. The molecule has 2 N–H and O–H groups in total. The van der Waals surface area contributed by atoms with Crippen LogP contribution in [0.2, 0.25) is 0 Å². The highest BCUT2D eigenvalue weighted by Crippen LogP contribution is 2.28. The number of benzene rings is 1. The summed E-state index contributed by atoms with van der Waals surface area (Å²) in [7, 11) is 1.51. The number of carbonyl (C=O) groups excluding carboxylic acids is 2. The van der Waals surface area contributed by atoms with Crippen LogP contribution in [0.25, 0.3) is 5.65 Å². The van der Waals surface area contributed by atoms with E-state index < -0.39 is 0 Å². The number of nitrogens with zero attached hydrogens (tertiary/aromatic N) is 3. The summed E-state index contributed by atoms with van der Waals surface area (Å²) < 4.78 is 6.84. The molecule has 2 heterocycles. The van der Waals surface area contributed by atoms with Crippen LogP contribution in [0, 0.1) is 13.8 Å². The first-order chi connectivity index (χ1) is 12.4. The van der Waals surface area contributed by atoms with Crippen LogP contribution >= 0.6 is 0 Å². The summed E-state index contributed by atoms with van der Waals surface area (Å²) in [5.74, 6) is -0.0666. The van der Waals surface area contributed by atoms with Gasteiger partial charge >= 0.3 is 0 Å². The Labute approximate surface area is 150 Å². The minimum Gasteiger partial charge on any atom is -0.495 e. The van der Waals surface area contributed by atoms with E-state index in [-0.39, 0.29) is 11.8 Å². The quantitative estimate of drug-likeness (QED) is 0.751. The zero-order valence-corrected chi connectivity index (χ0v) is 15.0. The molecule has 0 bridgehead atoms. The molecule has 8 heteroatoms. The molecular formula is C18H19N5O3. The highest BCUT2D eigenvalue weighted by Gasteiger charge is 2.16. The van der Waals surface area contributed by atoms with Crippen LogP contribution in [0.4, 0.5) is 11.4 Å². The summed E-state index contributed by atoms with van der Waals surface area (Å²) in [6, 6.07) is 6.89. The fraction of sp³-hybridized carbons (Fsp3) is 0.222. The molecule has 0 spiro atoms. The van der Waals surface area contributed by atoms with E-state index in [1.165, 1.54) is 20.2 Å². The lowest BCUT2D eigenvalue weighted by Crippen LogP contribution is -2.13. The Hall–Kier alpha value is -3.42. The molecule has 0 aliphatic rings. The van der Waals surface area contributed by atoms with E-state index in [9.17, 15) is 9.59 Å². The van der Waals surface area contributed by atoms with E-state index in [0.29, 0.717) is 28.3 Å². The van der Waals surface area contributed by atoms with Gasteiger partial charge in [-0.05, 0) is 38.1 Å². The Kier molecular flexibility index (Phi) is 4.57. The molecule has 0 radical (unpaired) electrons. The van der Waals surface area contributed by atoms with Crippen molar-refractivity contribution < 1.29 is 14.3 Å². The fourth-order valence-electron chi connectivity index (χ4n) is 2.70. The van der Waals surface area contributed by atoms with Crippen molar-refractivity contribution >= 4 is 28.8 Å². The van der Waals surface area contributed by atoms with Crippen LogP contribution in [-0.4, -0.2) is 33.5 Å². The molecule has 0 fully saturated rings. The van der Waals surface area contributed by atoms with Gasteiger partial charge in [-0.1, -0.05) is 0 Å². The van der Waals surface area contributed by atoms with E-state index in [4.69, 9.17) is 4.74 Å². The van der Waals surface area contributed by atoms with Gasteiger partial charge in [0.1, 0.15) is 11.3 Å². The number of fused-ring (bicyclic) bond motifs is 1. The van der Waals surface area contributed by atoms with Crippen LogP contribution in [0.1, 0.15) is 28.7 Å². The van der Waals surface area contributed by atoms with E-state index in [2.05, 4.69) is 20.7 Å². The third kappa shape index (κ3) is 3.34. The number of nitrogens with one attached hydrogen (secondary N) is 2. The van der Waals surface area contributed by atoms with Gasteiger partial charge < -0.3 is 15.4 Å². The fourth-order valence-corrected chi connectivity index (χ4v) is 2.70. The minimum absolute atomic E-state index is 0.232. The largest absolute Gasteiger partial charge is 0.495 e. The van der Waals surface area contributed by atoms with Gasteiger partial charge in [0.15, 0.2) is 5.65 Å². The van der Waals surface area contributed by atoms with Crippen molar-refractivity contribution in [3.05, 3.63) is 47.4 Å². The predicted octanol–water partition coefficient (Wildman–Crippen LogP) is 2.57. The Morgan fingerprint density at radius 2 is 1.92 bits per heavy atom. The van der Waals surface area contributed by atoms with Crippen molar-refractivity contribution in [2.75, 3.05) is 17.7 Å². The molecule has 1 aromatic carbocycles. The maximum atomic E-state index is 12.7. The zero-order valence-electron chi connectivity index (χ0n) is 15.0. The van der Waals surface area contributed by atoms with Gasteiger partial charge in [0.25, 0.3) is 5.91 Å². The monoisotopic (exact) mass is 353 g/mol. The summed E-state index contributed by atoms with van der Waals surface area (Å²) in [4.78, 5) is 28.4. The third-order valence-corrected chi connectivity index (χ3v) is 3.79. The van der Waals surface area contributed by atoms with Gasteiger partial charge in [-0.3, -0.25) is 9.59 Å². The molecular weight excluding hydrogens is 334 g/mol. The molecule has 0 aliphatic heterocycles. The smallest absolute Gasteiger partial charge is 0.261 e. The molecule has 8 nitrogen and oxygen atoms in total. The lowest BCUT2D eigenvalue weighted by molar-refractivity contribution is -0.114. The van der Waals surface area contributed by atoms with Crippen LogP contribution in [-0.2, 0) is 4.79 Å². The second-order valence-corrected chi connectivity index (χ2v) is 5.88. The first kappa shape index (κ1) is 17.4. The topological polar surface area (TPSA) is 97.6 Å². The standard InChI is InChI=1S/C18H19N5O3/c1-10-7-11(2)23-17(20-10)14(9-19-23)18(25)22-13-5-6-16(26-4)15(8-13)21-12(3)24/h5-9H,1-4H3,(H,21,24)(H,22,25). The Balaban J connectivity index is 1.92. The van der Waals surface area contributed by atoms with Gasteiger partial charge in [-0.2, -0.15) is 5.10 Å². The van der Waals surface area contributed by atoms with E-state index in [1.54, 1.807) is 22.7 Å². The number of aryl methyl sites for hydroxylation is 2. The summed E-state index contributed by atoms with van der Waals surface area (Å²) in [6.45, 7) is 5.17. The van der Waals surface area contributed by atoms with Gasteiger partial charge in [-0.25, -0.2) is 9.50 Å². The Bertz CT molecular complexity index is 1010. The third-order valence-electron chi connectivity index (χ3n) is 3.79. The Morgan fingerprint density at radius 3 is 2.62 bits per heavy atom. The van der Waals surface area contributed by atoms with E-state index in [0.717, 1.165) is 11.4 Å². The average Bonchev–Trinajstić information content (AvgIpc) is 2.98. The number of methoxy groups -OCH3 is 1. The molecule has 0 saturated heterocycles. The predicted molar refractivity (Wildman–Crippen MR) is 97.7 cm³/mol. The molecule has 2 aromatic heterocycles. The lowest BCUT2D eigenvalue weighted by Gasteiger charge is -2.11. The van der Waals surface area contributed by atoms with Crippen molar-refractivity contribution in [3.63, 3.8) is 0 Å². The number of hydrogen-bond acceptors (Lipinski definition) is 5. The van der Waals surface area contributed by atoms with Crippen molar-refractivity contribution in [3.8, 4) is 5.75 Å². The summed E-state index contributed by atoms with van der Waals surface area (Å²) in [5.41, 5.74) is 3.56. The van der Waals surface area contributed by atoms with Crippen molar-refractivity contribution in [2.24, 2.45) is 0 Å². The molecule has 26 heavy (non-hydrogen) atoms. The number of ether oxygens (including phenoxy) is 1. The molecule has 3 rings (SSSR count). The van der Waals surface area contributed by atoms with Crippen LogP contribution in [0.3, 0.4) is 0 Å². The number of amides is 2. The zero-order chi connectivity index (χ0) is 18.8. The number of anilines is 2. The van der Waals surface area contributed by atoms with Gasteiger partial charge in [0.05, 0.1) is 19.0 Å². The normalized spacial score (nSPS) is 10.6. The maximum absolute atomic E-state index is 12.7. The average molecular weight is 353 g/mol. The summed E-state index contributed by atoms with van der Waals surface area (Å²) in [5, 5.41) is 9.70. The van der Waals surface area contributed by atoms with Crippen molar-refractivity contribution in [1.82, 2.24) is 14.6 Å². The minimum atomic E-state index is -0.337. The number of aromatic nitrogens is 3. The molecule has 0 aliphatic carbocycles. The lowest BCUT2D eigenvalue weighted by atomic mass is 10.2. The van der Waals surface area contributed by atoms with Crippen LogP contribution in [0.15, 0.2) is 30.5 Å². The molecule has 3 aromatic rings. The van der Waals surface area contributed by atoms with Crippen molar-refractivity contribution in [2.45, 2.75) is 20.8 Å². The van der Waals surface area contributed by atoms with Crippen LogP contribution in [0.5, 0.6) is 5.75 Å². The summed E-state index contributed by atoms with van der Waals surface area (Å²) >= 11 is 0. The highest BCUT2D eigenvalue weighted by molar-refractivity contribution is 6.08. The second kappa shape index (κ2) is 6.83. The number of rotatable bonds is 4. The summed E-state index contributed by atoms with van der Waals surface area (Å²) in [6.07, 6.45) is 1.49. The van der Waals surface area contributed by atoms with E-state index >= 15 is 0 Å². The first-order valence-electron chi connectivity index (χ1n) is 7.98. The Morgan fingerprint density at radius 1 is 1.15 bits per heavy atom. The van der Waals surface area contributed by atoms with Crippen LogP contribution < -0.4 is 15.4 Å². The van der Waals surface area contributed by atoms with Gasteiger partial charge in [-0.15, -0.1) is 0 Å². The van der Waals surface area contributed by atoms with Crippen molar-refractivity contribution in [1.29, 1.82) is 0 Å². The number of carbonyl (C=O) groups is 2. The highest BCUT2D eigenvalue weighted by atomic mass is 16.5. The SMILES string of the molecule is COc1ccc(NC(=O)c2cnn3c(C)cc(C)nc23)cc1NC(C)=O.